The number of aromatic nitrogens is 2. The lowest BCUT2D eigenvalue weighted by Gasteiger charge is -2.05. The van der Waals surface area contributed by atoms with Crippen molar-refractivity contribution in [3.8, 4) is 0 Å². The molecule has 122 valence electrons. The molecular weight excluding hydrogens is 310 g/mol. The molecule has 0 saturated carbocycles. The van der Waals surface area contributed by atoms with Crippen LogP contribution in [0.2, 0.25) is 0 Å². The third-order valence-electron chi connectivity index (χ3n) is 3.20. The fraction of sp³-hybridized carbons (Fsp3) is 0.267. The van der Waals surface area contributed by atoms with E-state index in [0.29, 0.717) is 6.29 Å². The average molecular weight is 324 g/mol. The molecule has 0 atom stereocenters. The molecule has 0 aliphatic rings. The van der Waals surface area contributed by atoms with E-state index in [4.69, 9.17) is 4.74 Å². The zero-order valence-corrected chi connectivity index (χ0v) is 12.3. The van der Waals surface area contributed by atoms with Crippen LogP contribution in [-0.2, 0) is 22.5 Å². The van der Waals surface area contributed by atoms with Gasteiger partial charge >= 0.3 is 5.97 Å². The summed E-state index contributed by atoms with van der Waals surface area (Å²) in [4.78, 5) is 34.8. The Balaban J connectivity index is 2.47. The number of ether oxygens (including phenoxy) is 1. The maximum atomic E-state index is 13.7. The van der Waals surface area contributed by atoms with Gasteiger partial charge in [0.1, 0.15) is 23.6 Å². The van der Waals surface area contributed by atoms with Gasteiger partial charge in [-0.3, -0.25) is 9.89 Å². The molecule has 0 unspecified atom stereocenters. The van der Waals surface area contributed by atoms with Gasteiger partial charge < -0.3 is 9.53 Å². The second-order valence-electron chi connectivity index (χ2n) is 4.65. The van der Waals surface area contributed by atoms with E-state index in [2.05, 4.69) is 5.10 Å². The summed E-state index contributed by atoms with van der Waals surface area (Å²) in [6.45, 7) is 1.22. The van der Waals surface area contributed by atoms with E-state index in [9.17, 15) is 23.2 Å². The summed E-state index contributed by atoms with van der Waals surface area (Å²) in [5, 5.41) is 2.46. The van der Waals surface area contributed by atoms with Gasteiger partial charge in [-0.15, -0.1) is 0 Å². The van der Waals surface area contributed by atoms with Crippen LogP contribution in [0.4, 0.5) is 8.78 Å². The van der Waals surface area contributed by atoms with Crippen molar-refractivity contribution in [1.82, 2.24) is 9.78 Å². The first-order chi connectivity index (χ1) is 11.0. The lowest BCUT2D eigenvalue weighted by Crippen LogP contribution is -2.21. The van der Waals surface area contributed by atoms with Crippen LogP contribution >= 0.6 is 0 Å². The molecule has 23 heavy (non-hydrogen) atoms. The number of nitrogens with one attached hydrogen (secondary N) is 1. The van der Waals surface area contributed by atoms with Gasteiger partial charge in [-0.25, -0.2) is 18.3 Å². The molecule has 0 saturated heterocycles. The zero-order chi connectivity index (χ0) is 17.0. The highest BCUT2D eigenvalue weighted by molar-refractivity contribution is 5.89. The Bertz CT molecular complexity index is 775. The molecule has 1 aromatic heterocycles. The molecule has 0 aliphatic heterocycles. The molecule has 0 amide bonds. The van der Waals surface area contributed by atoms with Crippen molar-refractivity contribution in [3.05, 3.63) is 57.0 Å². The minimum atomic E-state index is -0.818. The summed E-state index contributed by atoms with van der Waals surface area (Å²) in [7, 11) is 0. The van der Waals surface area contributed by atoms with Gasteiger partial charge in [0.2, 0.25) is 0 Å². The van der Waals surface area contributed by atoms with Crippen molar-refractivity contribution >= 4 is 12.3 Å². The van der Waals surface area contributed by atoms with Crippen LogP contribution in [0.1, 0.15) is 28.5 Å². The SMILES string of the molecule is CCOC(=O)c1[nH]n(Cc2c(F)cccc2F)c(=O)c1CC=O. The highest BCUT2D eigenvalue weighted by atomic mass is 19.1. The van der Waals surface area contributed by atoms with Gasteiger partial charge in [0, 0.05) is 12.0 Å². The van der Waals surface area contributed by atoms with Crippen molar-refractivity contribution in [2.75, 3.05) is 6.61 Å². The van der Waals surface area contributed by atoms with Gasteiger partial charge in [0.15, 0.2) is 0 Å². The first kappa shape index (κ1) is 16.6. The van der Waals surface area contributed by atoms with Gasteiger partial charge in [-0.2, -0.15) is 0 Å². The van der Waals surface area contributed by atoms with Crippen LogP contribution in [0.15, 0.2) is 23.0 Å². The number of hydrogen-bond acceptors (Lipinski definition) is 4. The molecule has 0 fully saturated rings. The van der Waals surface area contributed by atoms with Gasteiger partial charge in [0.25, 0.3) is 5.56 Å². The van der Waals surface area contributed by atoms with Gasteiger partial charge in [-0.05, 0) is 19.1 Å². The molecule has 1 N–H and O–H groups in total. The molecule has 6 nitrogen and oxygen atoms in total. The minimum Gasteiger partial charge on any atom is -0.461 e. The maximum Gasteiger partial charge on any atom is 0.356 e. The number of aromatic amines is 1. The summed E-state index contributed by atoms with van der Waals surface area (Å²) in [5.41, 5.74) is -1.33. The zero-order valence-electron chi connectivity index (χ0n) is 12.3. The van der Waals surface area contributed by atoms with Gasteiger partial charge in [0.05, 0.1) is 18.7 Å². The monoisotopic (exact) mass is 324 g/mol. The third kappa shape index (κ3) is 3.36. The number of nitrogens with zero attached hydrogens (tertiary/aromatic N) is 1. The molecule has 1 heterocycles. The Hall–Kier alpha value is -2.77. The van der Waals surface area contributed by atoms with Crippen LogP contribution in [0.25, 0.3) is 0 Å². The van der Waals surface area contributed by atoms with E-state index in [0.717, 1.165) is 16.8 Å². The second-order valence-corrected chi connectivity index (χ2v) is 4.65. The van der Waals surface area contributed by atoms with E-state index in [1.165, 1.54) is 6.07 Å². The summed E-state index contributed by atoms with van der Waals surface area (Å²) in [6, 6.07) is 3.32. The minimum absolute atomic E-state index is 0.0779. The van der Waals surface area contributed by atoms with Crippen molar-refractivity contribution in [1.29, 1.82) is 0 Å². The van der Waals surface area contributed by atoms with E-state index in [1.807, 2.05) is 0 Å². The number of H-pyrrole nitrogens is 1. The molecule has 1 aromatic carbocycles. The largest absolute Gasteiger partial charge is 0.461 e. The van der Waals surface area contributed by atoms with E-state index < -0.39 is 29.7 Å². The fourth-order valence-electron chi connectivity index (χ4n) is 2.12. The fourth-order valence-corrected chi connectivity index (χ4v) is 2.12. The summed E-state index contributed by atoms with van der Waals surface area (Å²) in [5.74, 6) is -2.45. The van der Waals surface area contributed by atoms with Crippen LogP contribution in [0.5, 0.6) is 0 Å². The first-order valence-electron chi connectivity index (χ1n) is 6.84. The predicted octanol–water partition coefficient (Wildman–Crippen LogP) is 1.42. The average Bonchev–Trinajstić information content (AvgIpc) is 2.81. The molecular formula is C15H14F2N2O4. The summed E-state index contributed by atoms with van der Waals surface area (Å²) < 4.78 is 33.0. The number of carbonyl (C=O) groups is 2. The van der Waals surface area contributed by atoms with E-state index >= 15 is 0 Å². The number of rotatable bonds is 6. The lowest BCUT2D eigenvalue weighted by atomic mass is 10.2. The first-order valence-corrected chi connectivity index (χ1v) is 6.84. The number of aldehydes is 1. The Labute approximate surface area is 129 Å². The Morgan fingerprint density at radius 2 is 1.96 bits per heavy atom. The van der Waals surface area contributed by atoms with Crippen molar-refractivity contribution in [2.45, 2.75) is 19.9 Å². The highest BCUT2D eigenvalue weighted by Crippen LogP contribution is 2.13. The molecule has 0 aliphatic carbocycles. The number of hydrogen-bond donors (Lipinski definition) is 1. The lowest BCUT2D eigenvalue weighted by molar-refractivity contribution is -0.107. The maximum absolute atomic E-state index is 13.7. The molecule has 0 radical (unpaired) electrons. The van der Waals surface area contributed by atoms with E-state index in [-0.39, 0.29) is 29.8 Å². The highest BCUT2D eigenvalue weighted by Gasteiger charge is 2.22. The molecule has 2 aromatic rings. The van der Waals surface area contributed by atoms with Crippen LogP contribution in [0.3, 0.4) is 0 Å². The Morgan fingerprint density at radius 3 is 2.52 bits per heavy atom. The van der Waals surface area contributed by atoms with Crippen molar-refractivity contribution in [2.24, 2.45) is 0 Å². The van der Waals surface area contributed by atoms with Gasteiger partial charge in [-0.1, -0.05) is 6.07 Å². The van der Waals surface area contributed by atoms with Crippen molar-refractivity contribution < 1.29 is 23.1 Å². The number of carbonyl (C=O) groups excluding carboxylic acids is 2. The smallest absolute Gasteiger partial charge is 0.356 e. The number of benzene rings is 1. The Morgan fingerprint density at radius 1 is 1.30 bits per heavy atom. The normalized spacial score (nSPS) is 10.6. The third-order valence-corrected chi connectivity index (χ3v) is 3.20. The summed E-state index contributed by atoms with van der Waals surface area (Å²) >= 11 is 0. The van der Waals surface area contributed by atoms with Crippen LogP contribution < -0.4 is 5.56 Å². The number of esters is 1. The van der Waals surface area contributed by atoms with E-state index in [1.54, 1.807) is 6.92 Å². The van der Waals surface area contributed by atoms with Crippen LogP contribution in [-0.4, -0.2) is 28.6 Å². The molecule has 8 heteroatoms. The quantitative estimate of drug-likeness (QED) is 0.644. The number of halogens is 2. The van der Waals surface area contributed by atoms with Crippen molar-refractivity contribution in [3.63, 3.8) is 0 Å². The summed E-state index contributed by atoms with van der Waals surface area (Å²) in [6.07, 6.45) is 0.150. The molecule has 2 rings (SSSR count). The standard InChI is InChI=1S/C15H14F2N2O4/c1-2-23-15(22)13-9(6-7-20)14(21)19(18-13)8-10-11(16)4-3-5-12(10)17/h3-5,7,18H,2,6,8H2,1H3. The molecule has 0 spiro atoms. The predicted molar refractivity (Wildman–Crippen MR) is 76.2 cm³/mol. The van der Waals surface area contributed by atoms with Crippen LogP contribution in [0, 0.1) is 11.6 Å². The molecule has 0 bridgehead atoms. The topological polar surface area (TPSA) is 81.2 Å². The Kier molecular flexibility index (Phi) is 5.05. The second kappa shape index (κ2) is 6.99.